The number of alkyl halides is 3. The number of aryl methyl sites for hydroxylation is 1. The second-order valence-corrected chi connectivity index (χ2v) is 5.81. The summed E-state index contributed by atoms with van der Waals surface area (Å²) in [5.74, 6) is 0.459. The molecule has 8 heteroatoms. The molecule has 0 spiro atoms. The lowest BCUT2D eigenvalue weighted by molar-refractivity contribution is -0.137. The van der Waals surface area contributed by atoms with Crippen LogP contribution in [0.3, 0.4) is 0 Å². The smallest absolute Gasteiger partial charge is 0.369 e. The van der Waals surface area contributed by atoms with E-state index in [-0.39, 0.29) is 23.0 Å². The molecule has 0 amide bonds. The van der Waals surface area contributed by atoms with Crippen molar-refractivity contribution in [2.24, 2.45) is 16.5 Å². The van der Waals surface area contributed by atoms with Crippen LogP contribution in [0.5, 0.6) is 0 Å². The highest BCUT2D eigenvalue weighted by Crippen LogP contribution is 2.39. The van der Waals surface area contributed by atoms with Gasteiger partial charge in [-0.2, -0.15) is 18.2 Å². The van der Waals surface area contributed by atoms with E-state index in [0.29, 0.717) is 17.7 Å². The number of nitrogens with two attached hydrogens (primary N) is 2. The molecule has 0 aliphatic carbocycles. The highest BCUT2D eigenvalue weighted by molar-refractivity contribution is 5.84. The first kappa shape index (κ1) is 17.2. The van der Waals surface area contributed by atoms with Gasteiger partial charge in [0.25, 0.3) is 0 Å². The summed E-state index contributed by atoms with van der Waals surface area (Å²) in [6, 6.07) is 7.07. The Morgan fingerprint density at radius 2 is 1.92 bits per heavy atom. The second-order valence-electron chi connectivity index (χ2n) is 5.81. The fourth-order valence-electron chi connectivity index (χ4n) is 2.98. The molecule has 1 aliphatic heterocycles. The van der Waals surface area contributed by atoms with Crippen molar-refractivity contribution >= 4 is 11.8 Å². The van der Waals surface area contributed by atoms with Crippen molar-refractivity contribution in [3.63, 3.8) is 0 Å². The van der Waals surface area contributed by atoms with Crippen LogP contribution in [0.1, 0.15) is 29.8 Å². The fraction of sp³-hybridized carbons (Fsp3) is 0.294. The Morgan fingerprint density at radius 1 is 1.24 bits per heavy atom. The summed E-state index contributed by atoms with van der Waals surface area (Å²) in [6.45, 7) is 4.16. The Morgan fingerprint density at radius 3 is 2.56 bits per heavy atom. The zero-order chi connectivity index (χ0) is 18.4. The molecule has 0 radical (unpaired) electrons. The van der Waals surface area contributed by atoms with Crippen molar-refractivity contribution in [2.45, 2.75) is 26.2 Å². The third kappa shape index (κ3) is 2.93. The molecule has 1 aromatic heterocycles. The molecule has 2 aromatic rings. The molecule has 0 fully saturated rings. The maximum atomic E-state index is 13.3. The monoisotopic (exact) mass is 349 g/mol. The molecule has 3 rings (SSSR count). The Balaban J connectivity index is 2.20. The van der Waals surface area contributed by atoms with Crippen molar-refractivity contribution in [3.8, 4) is 11.3 Å². The minimum absolute atomic E-state index is 0.00978. The lowest BCUT2D eigenvalue weighted by Crippen LogP contribution is -2.45. The second kappa shape index (κ2) is 6.03. The Kier molecular flexibility index (Phi) is 4.16. The third-order valence-corrected chi connectivity index (χ3v) is 4.22. The molecular weight excluding hydrogens is 331 g/mol. The number of aliphatic imine (C=N–C) groups is 1. The van der Waals surface area contributed by atoms with Crippen LogP contribution >= 0.6 is 0 Å². The first-order chi connectivity index (χ1) is 11.7. The van der Waals surface area contributed by atoms with E-state index < -0.39 is 17.9 Å². The molecule has 2 heterocycles. The number of fused-ring (bicyclic) bond motifs is 1. The standard InChI is InChI=1S/C17H18F3N5/c1-3-25-14(21)11-8-9(2)13(23-15(11)24-16(25)22)10-6-4-5-7-12(10)17(18,19)20/h4-8,14H,3,21H2,1-2H3,(H2,22,23,24). The van der Waals surface area contributed by atoms with Crippen molar-refractivity contribution in [1.29, 1.82) is 0 Å². The van der Waals surface area contributed by atoms with Crippen LogP contribution in [0.4, 0.5) is 19.0 Å². The largest absolute Gasteiger partial charge is 0.417 e. The normalized spacial score (nSPS) is 17.3. The van der Waals surface area contributed by atoms with Crippen molar-refractivity contribution in [2.75, 3.05) is 6.54 Å². The summed E-state index contributed by atoms with van der Waals surface area (Å²) in [5.41, 5.74) is 12.8. The van der Waals surface area contributed by atoms with Crippen LogP contribution in [0.15, 0.2) is 35.3 Å². The number of rotatable bonds is 2. The number of halogens is 3. The van der Waals surface area contributed by atoms with Crippen LogP contribution in [-0.2, 0) is 6.18 Å². The van der Waals surface area contributed by atoms with Gasteiger partial charge < -0.3 is 16.4 Å². The lowest BCUT2D eigenvalue weighted by atomic mass is 9.98. The Bertz CT molecular complexity index is 845. The number of benzene rings is 1. The van der Waals surface area contributed by atoms with E-state index in [1.807, 2.05) is 6.92 Å². The minimum atomic E-state index is -4.47. The lowest BCUT2D eigenvalue weighted by Gasteiger charge is -2.33. The predicted octanol–water partition coefficient (Wildman–Crippen LogP) is 3.31. The fourth-order valence-corrected chi connectivity index (χ4v) is 2.98. The molecule has 0 saturated heterocycles. The number of hydrogen-bond donors (Lipinski definition) is 2. The zero-order valence-electron chi connectivity index (χ0n) is 13.8. The van der Waals surface area contributed by atoms with E-state index in [2.05, 4.69) is 9.98 Å². The van der Waals surface area contributed by atoms with Gasteiger partial charge in [-0.15, -0.1) is 0 Å². The van der Waals surface area contributed by atoms with Gasteiger partial charge in [0.1, 0.15) is 6.17 Å². The van der Waals surface area contributed by atoms with E-state index in [0.717, 1.165) is 6.07 Å². The highest BCUT2D eigenvalue weighted by atomic mass is 19.4. The van der Waals surface area contributed by atoms with Crippen LogP contribution < -0.4 is 11.5 Å². The van der Waals surface area contributed by atoms with Gasteiger partial charge in [-0.05, 0) is 31.5 Å². The van der Waals surface area contributed by atoms with Crippen LogP contribution in [0.2, 0.25) is 0 Å². The van der Waals surface area contributed by atoms with E-state index in [1.165, 1.54) is 12.1 Å². The SMILES string of the molecule is CCN1C(N)=Nc2nc(-c3ccccc3C(F)(F)F)c(C)cc2C1N. The molecule has 4 N–H and O–H groups in total. The molecular formula is C17H18F3N5. The molecule has 1 aliphatic rings. The summed E-state index contributed by atoms with van der Waals surface area (Å²) in [5, 5.41) is 0. The minimum Gasteiger partial charge on any atom is -0.369 e. The molecule has 5 nitrogen and oxygen atoms in total. The van der Waals surface area contributed by atoms with Gasteiger partial charge in [0.15, 0.2) is 11.8 Å². The van der Waals surface area contributed by atoms with E-state index in [1.54, 1.807) is 24.0 Å². The summed E-state index contributed by atoms with van der Waals surface area (Å²) in [7, 11) is 0. The number of pyridine rings is 1. The molecule has 132 valence electrons. The average Bonchev–Trinajstić information content (AvgIpc) is 2.55. The van der Waals surface area contributed by atoms with E-state index >= 15 is 0 Å². The van der Waals surface area contributed by atoms with Crippen LogP contribution in [0, 0.1) is 6.92 Å². The first-order valence-electron chi connectivity index (χ1n) is 7.78. The summed E-state index contributed by atoms with van der Waals surface area (Å²) in [6.07, 6.45) is -5.01. The van der Waals surface area contributed by atoms with Gasteiger partial charge in [-0.1, -0.05) is 18.2 Å². The van der Waals surface area contributed by atoms with E-state index in [4.69, 9.17) is 11.5 Å². The van der Waals surface area contributed by atoms with Crippen LogP contribution in [-0.4, -0.2) is 22.4 Å². The first-order valence-corrected chi connectivity index (χ1v) is 7.78. The van der Waals surface area contributed by atoms with Gasteiger partial charge >= 0.3 is 6.18 Å². The molecule has 25 heavy (non-hydrogen) atoms. The number of hydrogen-bond acceptors (Lipinski definition) is 5. The van der Waals surface area contributed by atoms with Crippen LogP contribution in [0.25, 0.3) is 11.3 Å². The van der Waals surface area contributed by atoms with Crippen molar-refractivity contribution in [1.82, 2.24) is 9.88 Å². The summed E-state index contributed by atoms with van der Waals surface area (Å²) < 4.78 is 40.0. The average molecular weight is 349 g/mol. The van der Waals surface area contributed by atoms with Gasteiger partial charge in [0.05, 0.1) is 11.3 Å². The molecule has 1 atom stereocenters. The van der Waals surface area contributed by atoms with Gasteiger partial charge in [-0.25, -0.2) is 4.98 Å². The predicted molar refractivity (Wildman–Crippen MR) is 90.0 cm³/mol. The number of nitrogens with zero attached hydrogens (tertiary/aromatic N) is 3. The van der Waals surface area contributed by atoms with Crippen molar-refractivity contribution in [3.05, 3.63) is 47.0 Å². The topological polar surface area (TPSA) is 80.5 Å². The molecule has 1 unspecified atom stereocenters. The maximum absolute atomic E-state index is 13.3. The third-order valence-electron chi connectivity index (χ3n) is 4.22. The number of aromatic nitrogens is 1. The Labute approximate surface area is 143 Å². The van der Waals surface area contributed by atoms with Gasteiger partial charge in [0, 0.05) is 17.7 Å². The maximum Gasteiger partial charge on any atom is 0.417 e. The zero-order valence-corrected chi connectivity index (χ0v) is 13.8. The molecule has 0 saturated carbocycles. The van der Waals surface area contributed by atoms with E-state index in [9.17, 15) is 13.2 Å². The van der Waals surface area contributed by atoms with Gasteiger partial charge in [0.2, 0.25) is 0 Å². The summed E-state index contributed by atoms with van der Waals surface area (Å²) >= 11 is 0. The molecule has 1 aromatic carbocycles. The molecule has 0 bridgehead atoms. The highest BCUT2D eigenvalue weighted by Gasteiger charge is 2.34. The quantitative estimate of drug-likeness (QED) is 0.872. The Hall–Kier alpha value is -2.61. The van der Waals surface area contributed by atoms with Crippen molar-refractivity contribution < 1.29 is 13.2 Å². The number of guanidine groups is 1. The summed E-state index contributed by atoms with van der Waals surface area (Å²) in [4.78, 5) is 10.3. The van der Waals surface area contributed by atoms with Gasteiger partial charge in [-0.3, -0.25) is 0 Å².